The molecule has 4 rings (SSSR count). The minimum atomic E-state index is 0.141. The summed E-state index contributed by atoms with van der Waals surface area (Å²) >= 11 is 0. The summed E-state index contributed by atoms with van der Waals surface area (Å²) in [5.41, 5.74) is 3.41. The van der Waals surface area contributed by atoms with Crippen molar-refractivity contribution in [3.8, 4) is 22.6 Å². The van der Waals surface area contributed by atoms with Crippen molar-refractivity contribution in [3.05, 3.63) is 71.8 Å². The van der Waals surface area contributed by atoms with Gasteiger partial charge in [-0.25, -0.2) is 0 Å². The number of fused-ring (bicyclic) bond motifs is 2. The van der Waals surface area contributed by atoms with Crippen LogP contribution in [-0.4, -0.2) is 10.2 Å². The third-order valence-corrected chi connectivity index (χ3v) is 4.67. The van der Waals surface area contributed by atoms with Crippen LogP contribution in [0.5, 0.6) is 11.5 Å². The molecule has 2 nitrogen and oxygen atoms in total. The maximum atomic E-state index is 10.8. The van der Waals surface area contributed by atoms with Crippen molar-refractivity contribution < 1.29 is 10.2 Å². The topological polar surface area (TPSA) is 40.5 Å². The Morgan fingerprint density at radius 2 is 1.29 bits per heavy atom. The van der Waals surface area contributed by atoms with Crippen LogP contribution >= 0.6 is 0 Å². The molecule has 0 unspecified atom stereocenters. The van der Waals surface area contributed by atoms with Gasteiger partial charge in [-0.15, -0.1) is 0 Å². The molecule has 0 atom stereocenters. The lowest BCUT2D eigenvalue weighted by molar-refractivity contribution is 0.449. The van der Waals surface area contributed by atoms with Crippen LogP contribution in [0.4, 0.5) is 0 Å². The van der Waals surface area contributed by atoms with Gasteiger partial charge in [-0.2, -0.15) is 0 Å². The van der Waals surface area contributed by atoms with E-state index < -0.39 is 0 Å². The largest absolute Gasteiger partial charge is 0.507 e. The first-order valence-electron chi connectivity index (χ1n) is 8.01. The molecule has 0 heterocycles. The van der Waals surface area contributed by atoms with Crippen molar-refractivity contribution in [3.63, 3.8) is 0 Å². The van der Waals surface area contributed by atoms with Crippen LogP contribution in [0.25, 0.3) is 32.7 Å². The highest BCUT2D eigenvalue weighted by atomic mass is 16.3. The SMILES string of the molecule is Cc1cc(-c2c(O)c(C)c(O)c3ccccc23)c2ccccc2c1. The molecule has 4 aromatic carbocycles. The summed E-state index contributed by atoms with van der Waals surface area (Å²) < 4.78 is 0. The van der Waals surface area contributed by atoms with Gasteiger partial charge in [-0.3, -0.25) is 0 Å². The van der Waals surface area contributed by atoms with Gasteiger partial charge < -0.3 is 10.2 Å². The summed E-state index contributed by atoms with van der Waals surface area (Å²) in [6.45, 7) is 3.81. The molecule has 0 saturated heterocycles. The Morgan fingerprint density at radius 3 is 2.04 bits per heavy atom. The third-order valence-electron chi connectivity index (χ3n) is 4.67. The van der Waals surface area contributed by atoms with Gasteiger partial charge in [0, 0.05) is 16.5 Å². The van der Waals surface area contributed by atoms with E-state index in [4.69, 9.17) is 0 Å². The molecule has 118 valence electrons. The minimum Gasteiger partial charge on any atom is -0.507 e. The Kier molecular flexibility index (Phi) is 3.20. The molecular weight excluding hydrogens is 296 g/mol. The van der Waals surface area contributed by atoms with Crippen LogP contribution in [0.3, 0.4) is 0 Å². The summed E-state index contributed by atoms with van der Waals surface area (Å²) in [6, 6.07) is 20.1. The van der Waals surface area contributed by atoms with Crippen molar-refractivity contribution in [2.75, 3.05) is 0 Å². The van der Waals surface area contributed by atoms with Crippen LogP contribution in [-0.2, 0) is 0 Å². The highest BCUT2D eigenvalue weighted by Crippen LogP contribution is 2.46. The predicted octanol–water partition coefficient (Wildman–Crippen LogP) is 5.69. The quantitative estimate of drug-likeness (QED) is 0.474. The molecule has 0 radical (unpaired) electrons. The Hall–Kier alpha value is -3.00. The molecule has 0 amide bonds. The first kappa shape index (κ1) is 14.6. The Labute approximate surface area is 140 Å². The van der Waals surface area contributed by atoms with Crippen LogP contribution in [0.15, 0.2) is 60.7 Å². The first-order chi connectivity index (χ1) is 11.6. The molecule has 0 spiro atoms. The van der Waals surface area contributed by atoms with Crippen LogP contribution < -0.4 is 0 Å². The molecule has 0 saturated carbocycles. The fourth-order valence-electron chi connectivity index (χ4n) is 3.48. The van der Waals surface area contributed by atoms with Gasteiger partial charge in [0.15, 0.2) is 0 Å². The van der Waals surface area contributed by atoms with E-state index in [1.807, 2.05) is 36.4 Å². The summed E-state index contributed by atoms with van der Waals surface area (Å²) in [5, 5.41) is 25.1. The number of hydrogen-bond donors (Lipinski definition) is 2. The van der Waals surface area contributed by atoms with E-state index in [1.54, 1.807) is 6.92 Å². The van der Waals surface area contributed by atoms with E-state index in [2.05, 4.69) is 31.2 Å². The Morgan fingerprint density at radius 1 is 0.667 bits per heavy atom. The van der Waals surface area contributed by atoms with Crippen LogP contribution in [0.2, 0.25) is 0 Å². The van der Waals surface area contributed by atoms with E-state index in [1.165, 1.54) is 0 Å². The molecule has 2 N–H and O–H groups in total. The van der Waals surface area contributed by atoms with Gasteiger partial charge in [0.05, 0.1) is 0 Å². The van der Waals surface area contributed by atoms with E-state index in [9.17, 15) is 10.2 Å². The lowest BCUT2D eigenvalue weighted by Crippen LogP contribution is -1.90. The van der Waals surface area contributed by atoms with Crippen LogP contribution in [0.1, 0.15) is 11.1 Å². The van der Waals surface area contributed by atoms with Gasteiger partial charge in [-0.05, 0) is 41.1 Å². The smallest absolute Gasteiger partial charge is 0.130 e. The second-order valence-electron chi connectivity index (χ2n) is 6.28. The number of rotatable bonds is 1. The molecule has 0 bridgehead atoms. The molecular formula is C22H18O2. The number of aromatic hydroxyl groups is 2. The number of phenolic OH excluding ortho intramolecular Hbond substituents is 2. The van der Waals surface area contributed by atoms with Crippen molar-refractivity contribution in [2.45, 2.75) is 13.8 Å². The number of phenols is 2. The summed E-state index contributed by atoms with van der Waals surface area (Å²) in [5.74, 6) is 0.283. The second kappa shape index (κ2) is 5.27. The molecule has 24 heavy (non-hydrogen) atoms. The van der Waals surface area contributed by atoms with Gasteiger partial charge in [-0.1, -0.05) is 60.7 Å². The van der Waals surface area contributed by atoms with Crippen molar-refractivity contribution in [1.82, 2.24) is 0 Å². The zero-order valence-electron chi connectivity index (χ0n) is 13.7. The second-order valence-corrected chi connectivity index (χ2v) is 6.28. The average molecular weight is 314 g/mol. The molecule has 0 fully saturated rings. The maximum absolute atomic E-state index is 10.8. The van der Waals surface area contributed by atoms with E-state index >= 15 is 0 Å². The zero-order chi connectivity index (χ0) is 16.8. The number of aryl methyl sites for hydroxylation is 1. The fraction of sp³-hybridized carbons (Fsp3) is 0.0909. The molecule has 0 aliphatic heterocycles. The molecule has 0 aliphatic carbocycles. The van der Waals surface area contributed by atoms with Gasteiger partial charge in [0.2, 0.25) is 0 Å². The van der Waals surface area contributed by atoms with Gasteiger partial charge in [0.1, 0.15) is 11.5 Å². The van der Waals surface area contributed by atoms with Crippen molar-refractivity contribution >= 4 is 21.5 Å². The Balaban J connectivity index is 2.23. The lowest BCUT2D eigenvalue weighted by atomic mass is 9.90. The van der Waals surface area contributed by atoms with Crippen molar-refractivity contribution in [2.24, 2.45) is 0 Å². The molecule has 0 aromatic heterocycles. The monoisotopic (exact) mass is 314 g/mol. The lowest BCUT2D eigenvalue weighted by Gasteiger charge is -2.16. The van der Waals surface area contributed by atoms with E-state index in [0.717, 1.165) is 38.2 Å². The van der Waals surface area contributed by atoms with E-state index in [-0.39, 0.29) is 11.5 Å². The normalized spacial score (nSPS) is 11.2. The molecule has 4 aromatic rings. The highest BCUT2D eigenvalue weighted by molar-refractivity contribution is 6.10. The van der Waals surface area contributed by atoms with Gasteiger partial charge in [0.25, 0.3) is 0 Å². The zero-order valence-corrected chi connectivity index (χ0v) is 13.7. The summed E-state index contributed by atoms with van der Waals surface area (Å²) in [7, 11) is 0. The maximum Gasteiger partial charge on any atom is 0.130 e. The first-order valence-corrected chi connectivity index (χ1v) is 8.01. The van der Waals surface area contributed by atoms with Gasteiger partial charge >= 0.3 is 0 Å². The average Bonchev–Trinajstić information content (AvgIpc) is 2.60. The highest BCUT2D eigenvalue weighted by Gasteiger charge is 2.18. The molecule has 0 aliphatic rings. The standard InChI is InChI=1S/C22H18O2/c1-13-11-15-7-3-4-8-16(15)19(12-13)20-17-9-5-6-10-18(17)21(23)14(2)22(20)24/h3-12,23-24H,1-2H3. The number of benzene rings is 4. The van der Waals surface area contributed by atoms with E-state index in [0.29, 0.717) is 5.56 Å². The van der Waals surface area contributed by atoms with Crippen molar-refractivity contribution in [1.29, 1.82) is 0 Å². The van der Waals surface area contributed by atoms with Crippen LogP contribution in [0, 0.1) is 13.8 Å². The summed E-state index contributed by atoms with van der Waals surface area (Å²) in [6.07, 6.45) is 0. The molecule has 2 heteroatoms. The summed E-state index contributed by atoms with van der Waals surface area (Å²) in [4.78, 5) is 0. The predicted molar refractivity (Wildman–Crippen MR) is 99.7 cm³/mol. The Bertz CT molecular complexity index is 1090. The number of hydrogen-bond acceptors (Lipinski definition) is 2. The fourth-order valence-corrected chi connectivity index (χ4v) is 3.48. The third kappa shape index (κ3) is 2.04. The minimum absolute atomic E-state index is 0.141.